The zero-order valence-electron chi connectivity index (χ0n) is 21.5. The molecule has 1 heterocycles. The van der Waals surface area contributed by atoms with E-state index in [1.165, 1.54) is 6.07 Å². The fourth-order valence-electron chi connectivity index (χ4n) is 3.91. The minimum atomic E-state index is -0.560. The van der Waals surface area contributed by atoms with Crippen LogP contribution in [0.3, 0.4) is 0 Å². The van der Waals surface area contributed by atoms with Gasteiger partial charge in [0.1, 0.15) is 19.0 Å². The molecule has 1 aliphatic heterocycles. The monoisotopic (exact) mass is 612 g/mol. The molecular weight excluding hydrogens is 587 g/mol. The van der Waals surface area contributed by atoms with E-state index in [4.69, 9.17) is 9.47 Å². The molecule has 202 valence electrons. The van der Waals surface area contributed by atoms with Crippen LogP contribution in [0, 0.1) is 19.7 Å². The number of halogens is 2. The average Bonchev–Trinajstić information content (AvgIpc) is 3.13. The maximum Gasteiger partial charge on any atom is 0.294 e. The van der Waals surface area contributed by atoms with Crippen LogP contribution in [0.1, 0.15) is 29.2 Å². The first kappa shape index (κ1) is 28.4. The number of imide groups is 1. The van der Waals surface area contributed by atoms with Crippen LogP contribution >= 0.6 is 27.7 Å². The Hall–Kier alpha value is -3.63. The van der Waals surface area contributed by atoms with Crippen LogP contribution in [-0.4, -0.2) is 35.1 Å². The summed E-state index contributed by atoms with van der Waals surface area (Å²) in [6.07, 6.45) is 1.56. The van der Waals surface area contributed by atoms with E-state index >= 15 is 0 Å². The second-order valence-corrected chi connectivity index (χ2v) is 10.6. The highest BCUT2D eigenvalue weighted by Gasteiger charge is 2.36. The lowest BCUT2D eigenvalue weighted by molar-refractivity contribution is -0.127. The largest absolute Gasteiger partial charge is 0.490 e. The molecule has 1 aliphatic rings. The second kappa shape index (κ2) is 12.5. The number of carbonyl (C=O) groups is 3. The summed E-state index contributed by atoms with van der Waals surface area (Å²) in [5.41, 5.74) is 3.54. The highest BCUT2D eigenvalue weighted by molar-refractivity contribution is 9.10. The number of benzene rings is 3. The number of carbonyl (C=O) groups excluding carboxylic acids is 3. The molecule has 10 heteroatoms. The van der Waals surface area contributed by atoms with Crippen LogP contribution in [0.25, 0.3) is 6.08 Å². The third-order valence-electron chi connectivity index (χ3n) is 5.79. The van der Waals surface area contributed by atoms with Crippen LogP contribution in [0.2, 0.25) is 0 Å². The molecule has 0 radical (unpaired) electrons. The number of aryl methyl sites for hydroxylation is 2. The molecule has 4 rings (SSSR count). The van der Waals surface area contributed by atoms with E-state index in [2.05, 4.69) is 21.2 Å². The standard InChI is InChI=1S/C29H26BrFN2O5S/c1-4-37-24-13-19(12-21(30)27(24)38-16-20-7-5-6-8-22(20)31)14-25-28(35)33(29(36)39-25)15-26(34)32-23-10-9-17(2)11-18(23)3/h5-14H,4,15-16H2,1-3H3,(H,32,34)/b25-14-. The van der Waals surface area contributed by atoms with Gasteiger partial charge in [-0.2, -0.15) is 0 Å². The molecule has 39 heavy (non-hydrogen) atoms. The average molecular weight is 614 g/mol. The van der Waals surface area contributed by atoms with Crippen molar-refractivity contribution in [1.82, 2.24) is 4.90 Å². The maximum absolute atomic E-state index is 14.0. The van der Waals surface area contributed by atoms with Crippen molar-refractivity contribution in [1.29, 1.82) is 0 Å². The predicted molar refractivity (Wildman–Crippen MR) is 153 cm³/mol. The van der Waals surface area contributed by atoms with Crippen molar-refractivity contribution in [3.8, 4) is 11.5 Å². The molecule has 0 aromatic heterocycles. The number of hydrogen-bond donors (Lipinski definition) is 1. The van der Waals surface area contributed by atoms with Gasteiger partial charge in [-0.25, -0.2) is 4.39 Å². The molecule has 0 bridgehead atoms. The molecule has 0 unspecified atom stereocenters. The number of anilines is 1. The topological polar surface area (TPSA) is 84.9 Å². The maximum atomic E-state index is 14.0. The molecule has 3 amide bonds. The summed E-state index contributed by atoms with van der Waals surface area (Å²) in [6.45, 7) is 5.58. The summed E-state index contributed by atoms with van der Waals surface area (Å²) in [6, 6.07) is 15.3. The molecular formula is C29H26BrFN2O5S. The third kappa shape index (κ3) is 6.88. The van der Waals surface area contributed by atoms with Crippen LogP contribution in [0.4, 0.5) is 14.9 Å². The smallest absolute Gasteiger partial charge is 0.294 e. The predicted octanol–water partition coefficient (Wildman–Crippen LogP) is 6.86. The summed E-state index contributed by atoms with van der Waals surface area (Å²) in [5, 5.41) is 2.23. The zero-order valence-corrected chi connectivity index (χ0v) is 23.9. The lowest BCUT2D eigenvalue weighted by Crippen LogP contribution is -2.36. The Bertz CT molecular complexity index is 1480. The Morgan fingerprint density at radius 1 is 1.10 bits per heavy atom. The lowest BCUT2D eigenvalue weighted by atomic mass is 10.1. The number of ether oxygens (including phenoxy) is 2. The van der Waals surface area contributed by atoms with Crippen LogP contribution in [-0.2, 0) is 16.2 Å². The Kier molecular flexibility index (Phi) is 9.08. The van der Waals surface area contributed by atoms with Gasteiger partial charge in [-0.05, 0) is 89.9 Å². The highest BCUT2D eigenvalue weighted by atomic mass is 79.9. The first-order valence-electron chi connectivity index (χ1n) is 12.1. The number of thioether (sulfide) groups is 1. The Morgan fingerprint density at radius 3 is 2.59 bits per heavy atom. The summed E-state index contributed by atoms with van der Waals surface area (Å²) < 4.78 is 26.2. The summed E-state index contributed by atoms with van der Waals surface area (Å²) in [5.74, 6) is -0.630. The van der Waals surface area contributed by atoms with Gasteiger partial charge in [-0.3, -0.25) is 19.3 Å². The molecule has 3 aromatic carbocycles. The van der Waals surface area contributed by atoms with Gasteiger partial charge in [-0.1, -0.05) is 35.9 Å². The molecule has 0 atom stereocenters. The molecule has 0 spiro atoms. The van der Waals surface area contributed by atoms with Crippen molar-refractivity contribution in [2.45, 2.75) is 27.4 Å². The van der Waals surface area contributed by atoms with Crippen LogP contribution in [0.15, 0.2) is 64.0 Å². The van der Waals surface area contributed by atoms with Gasteiger partial charge < -0.3 is 14.8 Å². The van der Waals surface area contributed by atoms with Crippen molar-refractivity contribution < 1.29 is 28.2 Å². The summed E-state index contributed by atoms with van der Waals surface area (Å²) >= 11 is 4.23. The van der Waals surface area contributed by atoms with Crippen LogP contribution < -0.4 is 14.8 Å². The summed E-state index contributed by atoms with van der Waals surface area (Å²) in [4.78, 5) is 39.3. The first-order valence-corrected chi connectivity index (χ1v) is 13.7. The van der Waals surface area contributed by atoms with Gasteiger partial charge in [0.05, 0.1) is 16.0 Å². The Balaban J connectivity index is 1.50. The van der Waals surface area contributed by atoms with E-state index in [-0.39, 0.29) is 17.3 Å². The van der Waals surface area contributed by atoms with E-state index in [1.54, 1.807) is 42.5 Å². The third-order valence-corrected chi connectivity index (χ3v) is 7.29. The van der Waals surface area contributed by atoms with E-state index < -0.39 is 23.6 Å². The van der Waals surface area contributed by atoms with E-state index in [0.717, 1.165) is 27.8 Å². The van der Waals surface area contributed by atoms with Gasteiger partial charge in [-0.15, -0.1) is 0 Å². The molecule has 0 saturated carbocycles. The number of rotatable bonds is 9. The van der Waals surface area contributed by atoms with Crippen molar-refractivity contribution in [3.05, 3.63) is 92.0 Å². The Labute approximate surface area is 238 Å². The second-order valence-electron chi connectivity index (χ2n) is 8.78. The summed E-state index contributed by atoms with van der Waals surface area (Å²) in [7, 11) is 0. The molecule has 0 aliphatic carbocycles. The molecule has 7 nitrogen and oxygen atoms in total. The number of nitrogens with zero attached hydrogens (tertiary/aromatic N) is 1. The number of amides is 3. The SMILES string of the molecule is CCOc1cc(/C=C2\SC(=O)N(CC(=O)Nc3ccc(C)cc3C)C2=O)cc(Br)c1OCc1ccccc1F. The van der Waals surface area contributed by atoms with E-state index in [0.29, 0.717) is 39.4 Å². The van der Waals surface area contributed by atoms with E-state index in [9.17, 15) is 18.8 Å². The molecule has 3 aromatic rings. The molecule has 1 N–H and O–H groups in total. The molecule has 1 fully saturated rings. The van der Waals surface area contributed by atoms with Gasteiger partial charge in [0.25, 0.3) is 11.1 Å². The fraction of sp³-hybridized carbons (Fsp3) is 0.207. The molecule has 1 saturated heterocycles. The normalized spacial score (nSPS) is 14.2. The highest BCUT2D eigenvalue weighted by Crippen LogP contribution is 2.40. The number of hydrogen-bond acceptors (Lipinski definition) is 6. The minimum absolute atomic E-state index is 0.00619. The first-order chi connectivity index (χ1) is 18.7. The van der Waals surface area contributed by atoms with E-state index in [1.807, 2.05) is 32.9 Å². The van der Waals surface area contributed by atoms with Gasteiger partial charge in [0, 0.05) is 11.3 Å². The van der Waals surface area contributed by atoms with Crippen molar-refractivity contribution in [3.63, 3.8) is 0 Å². The lowest BCUT2D eigenvalue weighted by Gasteiger charge is -2.15. The van der Waals surface area contributed by atoms with Crippen molar-refractivity contribution >= 4 is 56.5 Å². The van der Waals surface area contributed by atoms with Gasteiger partial charge >= 0.3 is 0 Å². The van der Waals surface area contributed by atoms with Crippen LogP contribution in [0.5, 0.6) is 11.5 Å². The van der Waals surface area contributed by atoms with Crippen molar-refractivity contribution in [2.24, 2.45) is 0 Å². The van der Waals surface area contributed by atoms with Gasteiger partial charge in [0.15, 0.2) is 11.5 Å². The quantitative estimate of drug-likeness (QED) is 0.266. The zero-order chi connectivity index (χ0) is 28.1. The van der Waals surface area contributed by atoms with Gasteiger partial charge in [0.2, 0.25) is 5.91 Å². The van der Waals surface area contributed by atoms with Crippen molar-refractivity contribution in [2.75, 3.05) is 18.5 Å². The fourth-order valence-corrected chi connectivity index (χ4v) is 5.33. The number of nitrogens with one attached hydrogen (secondary N) is 1. The Morgan fingerprint density at radius 2 is 1.87 bits per heavy atom. The minimum Gasteiger partial charge on any atom is -0.490 e.